The van der Waals surface area contributed by atoms with Crippen molar-refractivity contribution in [2.75, 3.05) is 0 Å². The smallest absolute Gasteiger partial charge is 0.0351 e. The third-order valence-corrected chi connectivity index (χ3v) is 0.960. The van der Waals surface area contributed by atoms with E-state index in [4.69, 9.17) is 0 Å². The fourth-order valence-corrected chi connectivity index (χ4v) is 0.489. The zero-order valence-corrected chi connectivity index (χ0v) is 6.69. The number of rotatable bonds is 3. The highest BCUT2D eigenvalue weighted by molar-refractivity contribution is 4.75. The van der Waals surface area contributed by atoms with Crippen LogP contribution < -0.4 is 0 Å². The molecule has 0 unspecified atom stereocenters. The van der Waals surface area contributed by atoms with E-state index in [1.54, 1.807) is 0 Å². The molecule has 0 aliphatic rings. The highest BCUT2D eigenvalue weighted by Crippen LogP contribution is 1.93. The van der Waals surface area contributed by atoms with Crippen molar-refractivity contribution < 1.29 is 0 Å². The van der Waals surface area contributed by atoms with Crippen molar-refractivity contribution in [3.63, 3.8) is 0 Å². The molecule has 0 heteroatoms. The van der Waals surface area contributed by atoms with Gasteiger partial charge in [0, 0.05) is 0 Å². The third-order valence-electron chi connectivity index (χ3n) is 0.960. The molecule has 54 valence electrons. The van der Waals surface area contributed by atoms with Gasteiger partial charge in [0.2, 0.25) is 0 Å². The van der Waals surface area contributed by atoms with Gasteiger partial charge in [0.15, 0.2) is 0 Å². The van der Waals surface area contributed by atoms with Gasteiger partial charge in [-0.2, -0.15) is 0 Å². The monoisotopic (exact) mass is 126 g/mol. The van der Waals surface area contributed by atoms with E-state index in [-0.39, 0.29) is 0 Å². The SMILES string of the molecule is C/C=C/CCCC.C=C. The Labute approximate surface area is 59.3 Å². The quantitative estimate of drug-likeness (QED) is 0.400. The molecule has 0 saturated heterocycles. The summed E-state index contributed by atoms with van der Waals surface area (Å²) in [5, 5.41) is 0. The maximum Gasteiger partial charge on any atom is -0.0351 e. The van der Waals surface area contributed by atoms with Gasteiger partial charge in [0.25, 0.3) is 0 Å². The summed E-state index contributed by atoms with van der Waals surface area (Å²) in [5.41, 5.74) is 0. The molecule has 9 heavy (non-hydrogen) atoms. The first-order valence-corrected chi connectivity index (χ1v) is 3.53. The summed E-state index contributed by atoms with van der Waals surface area (Å²) in [4.78, 5) is 0. The normalized spacial score (nSPS) is 8.67. The maximum absolute atomic E-state index is 3.00. The van der Waals surface area contributed by atoms with Gasteiger partial charge in [-0.05, 0) is 13.3 Å². The molecule has 0 aromatic heterocycles. The van der Waals surface area contributed by atoms with Crippen molar-refractivity contribution in [2.24, 2.45) is 0 Å². The molecule has 0 atom stereocenters. The van der Waals surface area contributed by atoms with Crippen LogP contribution in [-0.2, 0) is 0 Å². The fourth-order valence-electron chi connectivity index (χ4n) is 0.489. The Morgan fingerprint density at radius 3 is 2.22 bits per heavy atom. The number of unbranched alkanes of at least 4 members (excludes halogenated alkanes) is 2. The van der Waals surface area contributed by atoms with Gasteiger partial charge in [0.1, 0.15) is 0 Å². The summed E-state index contributed by atoms with van der Waals surface area (Å²) in [6, 6.07) is 0. The van der Waals surface area contributed by atoms with Gasteiger partial charge < -0.3 is 0 Å². The topological polar surface area (TPSA) is 0 Å². The van der Waals surface area contributed by atoms with E-state index in [1.165, 1.54) is 19.3 Å². The molecule has 0 radical (unpaired) electrons. The van der Waals surface area contributed by atoms with E-state index in [9.17, 15) is 0 Å². The first-order chi connectivity index (χ1) is 4.41. The minimum absolute atomic E-state index is 1.26. The van der Waals surface area contributed by atoms with Crippen LogP contribution in [0.4, 0.5) is 0 Å². The predicted octanol–water partition coefficient (Wildman–Crippen LogP) is 3.55. The summed E-state index contributed by atoms with van der Waals surface area (Å²) >= 11 is 0. The van der Waals surface area contributed by atoms with Crippen LogP contribution in [-0.4, -0.2) is 0 Å². The van der Waals surface area contributed by atoms with Gasteiger partial charge in [-0.25, -0.2) is 0 Å². The van der Waals surface area contributed by atoms with Crippen LogP contribution in [0.3, 0.4) is 0 Å². The largest absolute Gasteiger partial charge is 0.106 e. The molecule has 0 bridgehead atoms. The average molecular weight is 126 g/mol. The molecule has 0 aromatic carbocycles. The molecule has 0 heterocycles. The molecule has 0 saturated carbocycles. The molecule has 0 rings (SSSR count). The summed E-state index contributed by atoms with van der Waals surface area (Å²) in [5.74, 6) is 0. The lowest BCUT2D eigenvalue weighted by molar-refractivity contribution is 0.814. The number of hydrogen-bond donors (Lipinski definition) is 0. The van der Waals surface area contributed by atoms with Crippen LogP contribution in [0.5, 0.6) is 0 Å². The second-order valence-corrected chi connectivity index (χ2v) is 1.71. The molecule has 0 spiro atoms. The van der Waals surface area contributed by atoms with Crippen molar-refractivity contribution in [3.05, 3.63) is 25.3 Å². The zero-order chi connectivity index (χ0) is 7.54. The van der Waals surface area contributed by atoms with E-state index < -0.39 is 0 Å². The lowest BCUT2D eigenvalue weighted by atomic mass is 10.2. The minimum atomic E-state index is 1.26. The lowest BCUT2D eigenvalue weighted by Gasteiger charge is -1.83. The average Bonchev–Trinajstić information content (AvgIpc) is 1.94. The number of hydrogen-bond acceptors (Lipinski definition) is 0. The molecule has 0 fully saturated rings. The van der Waals surface area contributed by atoms with Crippen molar-refractivity contribution in [2.45, 2.75) is 33.1 Å². The Kier molecular flexibility index (Phi) is 19.6. The van der Waals surface area contributed by atoms with E-state index in [1.807, 2.05) is 0 Å². The Hall–Kier alpha value is -0.520. The second-order valence-electron chi connectivity index (χ2n) is 1.71. The van der Waals surface area contributed by atoms with Gasteiger partial charge >= 0.3 is 0 Å². The molecule has 0 aliphatic carbocycles. The first kappa shape index (κ1) is 11.3. The van der Waals surface area contributed by atoms with Crippen LogP contribution >= 0.6 is 0 Å². The molecular formula is C9H18. The standard InChI is InChI=1S/C7H14.C2H4/c1-3-5-7-6-4-2;1-2/h3,5H,4,6-7H2,1-2H3;1-2H2/b5-3+;. The Bertz CT molecular complexity index is 53.1. The van der Waals surface area contributed by atoms with Crippen LogP contribution in [0.1, 0.15) is 33.1 Å². The van der Waals surface area contributed by atoms with Gasteiger partial charge in [-0.15, -0.1) is 13.2 Å². The first-order valence-electron chi connectivity index (χ1n) is 3.53. The van der Waals surface area contributed by atoms with Crippen LogP contribution in [0.15, 0.2) is 25.3 Å². The highest BCUT2D eigenvalue weighted by atomic mass is 13.8. The third kappa shape index (κ3) is 18.5. The fraction of sp³-hybridized carbons (Fsp3) is 0.556. The second kappa shape index (κ2) is 15.6. The molecule has 0 aliphatic heterocycles. The predicted molar refractivity (Wildman–Crippen MR) is 45.6 cm³/mol. The lowest BCUT2D eigenvalue weighted by Crippen LogP contribution is -1.63. The highest BCUT2D eigenvalue weighted by Gasteiger charge is 1.73. The number of allylic oxidation sites excluding steroid dienone is 2. The van der Waals surface area contributed by atoms with E-state index in [2.05, 4.69) is 39.2 Å². The summed E-state index contributed by atoms with van der Waals surface area (Å²) in [7, 11) is 0. The van der Waals surface area contributed by atoms with Crippen LogP contribution in [0.25, 0.3) is 0 Å². The zero-order valence-electron chi connectivity index (χ0n) is 6.69. The Balaban J connectivity index is 0. The molecule has 0 N–H and O–H groups in total. The molecular weight excluding hydrogens is 108 g/mol. The van der Waals surface area contributed by atoms with Crippen LogP contribution in [0, 0.1) is 0 Å². The Morgan fingerprint density at radius 1 is 1.33 bits per heavy atom. The van der Waals surface area contributed by atoms with Gasteiger partial charge in [0.05, 0.1) is 0 Å². The maximum atomic E-state index is 3.00. The van der Waals surface area contributed by atoms with Gasteiger partial charge in [-0.1, -0.05) is 31.9 Å². The van der Waals surface area contributed by atoms with Crippen molar-refractivity contribution in [1.29, 1.82) is 0 Å². The van der Waals surface area contributed by atoms with Crippen LogP contribution in [0.2, 0.25) is 0 Å². The summed E-state index contributed by atoms with van der Waals surface area (Å²) in [6.45, 7) is 10.3. The van der Waals surface area contributed by atoms with Crippen molar-refractivity contribution in [3.8, 4) is 0 Å². The minimum Gasteiger partial charge on any atom is -0.106 e. The van der Waals surface area contributed by atoms with E-state index in [0.29, 0.717) is 0 Å². The summed E-state index contributed by atoms with van der Waals surface area (Å²) in [6.07, 6.45) is 8.22. The van der Waals surface area contributed by atoms with E-state index in [0.717, 1.165) is 0 Å². The van der Waals surface area contributed by atoms with E-state index >= 15 is 0 Å². The summed E-state index contributed by atoms with van der Waals surface area (Å²) < 4.78 is 0. The van der Waals surface area contributed by atoms with Crippen molar-refractivity contribution >= 4 is 0 Å². The molecule has 0 amide bonds. The Morgan fingerprint density at radius 2 is 1.89 bits per heavy atom. The van der Waals surface area contributed by atoms with Crippen molar-refractivity contribution in [1.82, 2.24) is 0 Å². The molecule has 0 aromatic rings. The van der Waals surface area contributed by atoms with Gasteiger partial charge in [-0.3, -0.25) is 0 Å². The molecule has 0 nitrogen and oxygen atoms in total.